The number of aliphatic carboxylic acids is 1. The molecule has 1 aliphatic carbocycles. The van der Waals surface area contributed by atoms with E-state index in [0.717, 1.165) is 18.2 Å². The van der Waals surface area contributed by atoms with Gasteiger partial charge in [0.1, 0.15) is 5.41 Å². The molecule has 0 radical (unpaired) electrons. The van der Waals surface area contributed by atoms with Crippen LogP contribution in [0.3, 0.4) is 0 Å². The van der Waals surface area contributed by atoms with Gasteiger partial charge in [-0.3, -0.25) is 4.79 Å². The highest BCUT2D eigenvalue weighted by Crippen LogP contribution is 2.62. The molecule has 0 heterocycles. The molecule has 0 bridgehead atoms. The maximum absolute atomic E-state index is 11.8. The summed E-state index contributed by atoms with van der Waals surface area (Å²) in [6.45, 7) is 1.32. The first-order valence-electron chi connectivity index (χ1n) is 6.41. The molecule has 0 aliphatic heterocycles. The van der Waals surface area contributed by atoms with Gasteiger partial charge in [-0.25, -0.2) is 8.42 Å². The second kappa shape index (κ2) is 4.86. The third kappa shape index (κ3) is 2.13. The Morgan fingerprint density at radius 2 is 1.85 bits per heavy atom. The van der Waals surface area contributed by atoms with Crippen LogP contribution in [0, 0.1) is 5.41 Å². The Morgan fingerprint density at radius 3 is 2.15 bits per heavy atom. The number of hydrogen-bond acceptors (Lipinski definition) is 4. The second-order valence-electron chi connectivity index (χ2n) is 5.33. The summed E-state index contributed by atoms with van der Waals surface area (Å²) in [5.74, 6) is -1.95. The number of sulfone groups is 1. The molecule has 0 amide bonds. The van der Waals surface area contributed by atoms with Gasteiger partial charge in [0.15, 0.2) is 9.84 Å². The first kappa shape index (κ1) is 15.0. The SMILES string of the molecule is CCc1ccc([C@@H]2[C@H](S(C)(=O)=O)[C@]2(CO)C(=O)O)cc1. The summed E-state index contributed by atoms with van der Waals surface area (Å²) in [5.41, 5.74) is 0.130. The highest BCUT2D eigenvalue weighted by Gasteiger charge is 2.74. The van der Waals surface area contributed by atoms with Gasteiger partial charge in [0, 0.05) is 12.2 Å². The molecule has 0 spiro atoms. The van der Waals surface area contributed by atoms with E-state index in [0.29, 0.717) is 5.56 Å². The molecule has 0 saturated heterocycles. The fourth-order valence-corrected chi connectivity index (χ4v) is 4.88. The molecule has 0 unspecified atom stereocenters. The van der Waals surface area contributed by atoms with Crippen LogP contribution in [-0.2, 0) is 21.1 Å². The first-order chi connectivity index (χ1) is 9.29. The molecule has 3 atom stereocenters. The van der Waals surface area contributed by atoms with Gasteiger partial charge in [0.05, 0.1) is 11.9 Å². The Labute approximate surface area is 118 Å². The maximum atomic E-state index is 11.8. The molecule has 0 aromatic heterocycles. The van der Waals surface area contributed by atoms with Crippen LogP contribution in [0.1, 0.15) is 24.0 Å². The lowest BCUT2D eigenvalue weighted by Gasteiger charge is -2.08. The number of aliphatic hydroxyl groups excluding tert-OH is 1. The molecule has 1 aromatic rings. The summed E-state index contributed by atoms with van der Waals surface area (Å²) in [4.78, 5) is 11.5. The second-order valence-corrected chi connectivity index (χ2v) is 7.49. The standard InChI is InChI=1S/C14H18O5S/c1-3-9-4-6-10(7-5-9)11-12(20(2,18)19)14(11,8-15)13(16)17/h4-7,11-12,15H,3,8H2,1-2H3,(H,16,17)/t11-,12+,14-/m1/s1. The zero-order valence-corrected chi connectivity index (χ0v) is 12.2. The molecule has 6 heteroatoms. The molecular weight excluding hydrogens is 280 g/mol. The average molecular weight is 298 g/mol. The number of aryl methyl sites for hydroxylation is 1. The minimum Gasteiger partial charge on any atom is -0.481 e. The first-order valence-corrected chi connectivity index (χ1v) is 8.36. The largest absolute Gasteiger partial charge is 0.481 e. The van der Waals surface area contributed by atoms with Gasteiger partial charge >= 0.3 is 5.97 Å². The van der Waals surface area contributed by atoms with E-state index in [9.17, 15) is 23.4 Å². The van der Waals surface area contributed by atoms with Gasteiger partial charge in [-0.15, -0.1) is 0 Å². The maximum Gasteiger partial charge on any atom is 0.314 e. The van der Waals surface area contributed by atoms with Crippen LogP contribution in [0.5, 0.6) is 0 Å². The van der Waals surface area contributed by atoms with Crippen LogP contribution in [0.4, 0.5) is 0 Å². The molecule has 2 rings (SSSR count). The molecule has 110 valence electrons. The monoisotopic (exact) mass is 298 g/mol. The Kier molecular flexibility index (Phi) is 3.64. The topological polar surface area (TPSA) is 91.7 Å². The minimum atomic E-state index is -3.55. The van der Waals surface area contributed by atoms with E-state index in [2.05, 4.69) is 0 Å². The minimum absolute atomic E-state index is 0.647. The summed E-state index contributed by atoms with van der Waals surface area (Å²) in [6.07, 6.45) is 1.87. The summed E-state index contributed by atoms with van der Waals surface area (Å²) >= 11 is 0. The highest BCUT2D eigenvalue weighted by atomic mass is 32.2. The van der Waals surface area contributed by atoms with Crippen molar-refractivity contribution < 1.29 is 23.4 Å². The van der Waals surface area contributed by atoms with E-state index in [4.69, 9.17) is 0 Å². The average Bonchev–Trinajstić information content (AvgIpc) is 3.09. The van der Waals surface area contributed by atoms with Gasteiger partial charge in [-0.2, -0.15) is 0 Å². The van der Waals surface area contributed by atoms with Crippen molar-refractivity contribution in [2.75, 3.05) is 12.9 Å². The van der Waals surface area contributed by atoms with Crippen LogP contribution in [-0.4, -0.2) is 42.7 Å². The molecule has 1 saturated carbocycles. The smallest absolute Gasteiger partial charge is 0.314 e. The van der Waals surface area contributed by atoms with E-state index < -0.39 is 39.0 Å². The van der Waals surface area contributed by atoms with Gasteiger partial charge < -0.3 is 10.2 Å². The quantitative estimate of drug-likeness (QED) is 0.840. The summed E-state index contributed by atoms with van der Waals surface area (Å²) in [6, 6.07) is 7.22. The fraction of sp³-hybridized carbons (Fsp3) is 0.500. The Hall–Kier alpha value is -1.40. The van der Waals surface area contributed by atoms with Crippen molar-refractivity contribution in [1.82, 2.24) is 0 Å². The molecule has 1 aliphatic rings. The van der Waals surface area contributed by atoms with Gasteiger partial charge in [0.25, 0.3) is 0 Å². The van der Waals surface area contributed by atoms with Crippen LogP contribution in [0.25, 0.3) is 0 Å². The predicted octanol–water partition coefficient (Wildman–Crippen LogP) is 0.823. The van der Waals surface area contributed by atoms with Crippen LogP contribution >= 0.6 is 0 Å². The lowest BCUT2D eigenvalue weighted by molar-refractivity contribution is -0.145. The third-order valence-electron chi connectivity index (χ3n) is 4.12. The molecule has 20 heavy (non-hydrogen) atoms. The predicted molar refractivity (Wildman–Crippen MR) is 74.3 cm³/mol. The number of carboxylic acids is 1. The summed E-state index contributed by atoms with van der Waals surface area (Å²) in [7, 11) is -3.55. The van der Waals surface area contributed by atoms with Crippen LogP contribution in [0.15, 0.2) is 24.3 Å². The van der Waals surface area contributed by atoms with E-state index in [1.165, 1.54) is 0 Å². The van der Waals surface area contributed by atoms with E-state index in [-0.39, 0.29) is 0 Å². The number of hydrogen-bond donors (Lipinski definition) is 2. The number of carboxylic acid groups (broad SMARTS) is 1. The van der Waals surface area contributed by atoms with Gasteiger partial charge in [-0.1, -0.05) is 31.2 Å². The van der Waals surface area contributed by atoms with Crippen LogP contribution < -0.4 is 0 Å². The zero-order chi connectivity index (χ0) is 15.1. The van der Waals surface area contributed by atoms with E-state index in [1.807, 2.05) is 19.1 Å². The normalized spacial score (nSPS) is 29.1. The van der Waals surface area contributed by atoms with Crippen molar-refractivity contribution in [2.45, 2.75) is 24.5 Å². The molecule has 2 N–H and O–H groups in total. The molecule has 5 nitrogen and oxygen atoms in total. The van der Waals surface area contributed by atoms with E-state index >= 15 is 0 Å². The van der Waals surface area contributed by atoms with Crippen molar-refractivity contribution >= 4 is 15.8 Å². The Balaban J connectivity index is 2.46. The molecule has 1 aromatic carbocycles. The van der Waals surface area contributed by atoms with Crippen molar-refractivity contribution in [1.29, 1.82) is 0 Å². The highest BCUT2D eigenvalue weighted by molar-refractivity contribution is 7.91. The number of benzene rings is 1. The fourth-order valence-electron chi connectivity index (χ4n) is 2.98. The van der Waals surface area contributed by atoms with Crippen molar-refractivity contribution in [3.05, 3.63) is 35.4 Å². The van der Waals surface area contributed by atoms with Gasteiger partial charge in [-0.05, 0) is 17.5 Å². The zero-order valence-electron chi connectivity index (χ0n) is 11.4. The van der Waals surface area contributed by atoms with Crippen LogP contribution in [0.2, 0.25) is 0 Å². The lowest BCUT2D eigenvalue weighted by Crippen LogP contribution is -2.27. The summed E-state index contributed by atoms with van der Waals surface area (Å²) in [5, 5.41) is 17.7. The number of carbonyl (C=O) groups is 1. The lowest BCUT2D eigenvalue weighted by atomic mass is 9.99. The number of rotatable bonds is 5. The van der Waals surface area contributed by atoms with Crippen molar-refractivity contribution in [3.8, 4) is 0 Å². The number of aliphatic hydroxyl groups is 1. The molecular formula is C14H18O5S. The summed E-state index contributed by atoms with van der Waals surface area (Å²) < 4.78 is 23.6. The third-order valence-corrected chi connectivity index (χ3v) is 5.74. The Morgan fingerprint density at radius 1 is 1.30 bits per heavy atom. The Bertz CT molecular complexity index is 619. The van der Waals surface area contributed by atoms with Crippen molar-refractivity contribution in [3.63, 3.8) is 0 Å². The van der Waals surface area contributed by atoms with Crippen molar-refractivity contribution in [2.24, 2.45) is 5.41 Å². The van der Waals surface area contributed by atoms with Gasteiger partial charge in [0.2, 0.25) is 0 Å². The molecule has 1 fully saturated rings. The van der Waals surface area contributed by atoms with E-state index in [1.54, 1.807) is 12.1 Å².